The number of carbonyl (C=O) groups excluding carboxylic acids is 2. The summed E-state index contributed by atoms with van der Waals surface area (Å²) in [6.45, 7) is 3.12. The zero-order valence-electron chi connectivity index (χ0n) is 16.7. The minimum atomic E-state index is -0.478. The van der Waals surface area contributed by atoms with E-state index in [4.69, 9.17) is 20.8 Å². The van der Waals surface area contributed by atoms with Crippen LogP contribution in [0.25, 0.3) is 11.3 Å². The highest BCUT2D eigenvalue weighted by molar-refractivity contribution is 7.16. The smallest absolute Gasteiger partial charge is 0.410 e. The summed E-state index contributed by atoms with van der Waals surface area (Å²) in [5.74, 6) is 1.14. The van der Waals surface area contributed by atoms with Gasteiger partial charge in [-0.15, -0.1) is 11.3 Å². The number of fused-ring (bicyclic) bond motifs is 3. The monoisotopic (exact) mass is 457 g/mol. The Labute approximate surface area is 187 Å². The number of ether oxygens (including phenoxy) is 1. The summed E-state index contributed by atoms with van der Waals surface area (Å²) in [4.78, 5) is 27.7. The maximum Gasteiger partial charge on any atom is 0.410 e. The maximum atomic E-state index is 12.9. The molecule has 0 radical (unpaired) electrons. The van der Waals surface area contributed by atoms with E-state index in [1.807, 2.05) is 30.3 Å². The summed E-state index contributed by atoms with van der Waals surface area (Å²) in [5.41, 5.74) is 2.54. The van der Waals surface area contributed by atoms with Crippen LogP contribution in [-0.4, -0.2) is 30.1 Å². The van der Waals surface area contributed by atoms with Crippen LogP contribution in [0.5, 0.6) is 0 Å². The van der Waals surface area contributed by atoms with E-state index in [2.05, 4.69) is 10.6 Å². The number of benzene rings is 1. The predicted molar refractivity (Wildman–Crippen MR) is 118 cm³/mol. The fraction of sp³-hybridized carbons (Fsp3) is 0.273. The lowest BCUT2D eigenvalue weighted by Gasteiger charge is -2.27. The van der Waals surface area contributed by atoms with Crippen LogP contribution in [-0.2, 0) is 17.7 Å². The van der Waals surface area contributed by atoms with Crippen molar-refractivity contribution in [2.75, 3.05) is 18.5 Å². The molecular formula is C22H20ClN3O4S. The number of rotatable bonds is 3. The third-order valence-electron chi connectivity index (χ3n) is 5.38. The fourth-order valence-electron chi connectivity index (χ4n) is 3.93. The number of furan rings is 1. The molecule has 2 N–H and O–H groups in total. The summed E-state index contributed by atoms with van der Waals surface area (Å²) in [6.07, 6.45) is -0.174. The number of halogens is 1. The molecule has 7 nitrogen and oxygen atoms in total. The highest BCUT2D eigenvalue weighted by atomic mass is 35.5. The average molecular weight is 458 g/mol. The summed E-state index contributed by atoms with van der Waals surface area (Å²) in [6, 6.07) is 11.1. The second-order valence-corrected chi connectivity index (χ2v) is 8.88. The summed E-state index contributed by atoms with van der Waals surface area (Å²) < 4.78 is 11.1. The Morgan fingerprint density at radius 2 is 2.19 bits per heavy atom. The molecule has 1 atom stereocenters. The highest BCUT2D eigenvalue weighted by Gasteiger charge is 2.35. The van der Waals surface area contributed by atoms with Gasteiger partial charge in [0, 0.05) is 22.0 Å². The van der Waals surface area contributed by atoms with Crippen molar-refractivity contribution in [3.8, 4) is 11.3 Å². The quantitative estimate of drug-likeness (QED) is 0.576. The maximum absolute atomic E-state index is 12.9. The lowest BCUT2D eigenvalue weighted by atomic mass is 10.0. The van der Waals surface area contributed by atoms with Crippen molar-refractivity contribution in [2.45, 2.75) is 26.1 Å². The van der Waals surface area contributed by atoms with Gasteiger partial charge in [0.05, 0.1) is 18.7 Å². The minimum Gasteiger partial charge on any atom is -0.457 e. The van der Waals surface area contributed by atoms with Gasteiger partial charge in [-0.3, -0.25) is 4.79 Å². The van der Waals surface area contributed by atoms with Crippen LogP contribution in [0, 0.1) is 0 Å². The standard InChI is InChI=1S/C22H20ClN3O4S/c1-2-29-22(28)26-9-8-14-17(11-26)31-21-18(14)20(27)24-19(25-21)16-7-6-15(30-16)12-4-3-5-13(23)10-12/h3-7,10,19,25H,2,8-9,11H2,1H3,(H,24,27)/t19-/m0/s1. The number of hydrogen-bond acceptors (Lipinski definition) is 6. The fourth-order valence-corrected chi connectivity index (χ4v) is 5.41. The molecule has 1 aromatic carbocycles. The van der Waals surface area contributed by atoms with Crippen LogP contribution in [0.3, 0.4) is 0 Å². The first kappa shape index (κ1) is 20.0. The highest BCUT2D eigenvalue weighted by Crippen LogP contribution is 2.41. The number of carbonyl (C=O) groups is 2. The van der Waals surface area contributed by atoms with Gasteiger partial charge in [-0.1, -0.05) is 23.7 Å². The van der Waals surface area contributed by atoms with Gasteiger partial charge in [0.25, 0.3) is 5.91 Å². The molecule has 0 unspecified atom stereocenters. The van der Waals surface area contributed by atoms with Crippen LogP contribution < -0.4 is 10.6 Å². The van der Waals surface area contributed by atoms with E-state index >= 15 is 0 Å². The van der Waals surface area contributed by atoms with Crippen LogP contribution in [0.1, 0.15) is 39.6 Å². The SMILES string of the molecule is CCOC(=O)N1CCc2c(sc3c2C(=O)N[C@H](c2ccc(-c4cccc(Cl)c4)o2)N3)C1. The Morgan fingerprint density at radius 1 is 1.32 bits per heavy atom. The van der Waals surface area contributed by atoms with Crippen LogP contribution >= 0.6 is 22.9 Å². The van der Waals surface area contributed by atoms with Gasteiger partial charge in [0.15, 0.2) is 6.17 Å². The Morgan fingerprint density at radius 3 is 3.00 bits per heavy atom. The largest absolute Gasteiger partial charge is 0.457 e. The first-order valence-electron chi connectivity index (χ1n) is 10.0. The topological polar surface area (TPSA) is 83.8 Å². The Kier molecular flexibility index (Phi) is 5.11. The van der Waals surface area contributed by atoms with Gasteiger partial charge in [0.2, 0.25) is 0 Å². The third-order valence-corrected chi connectivity index (χ3v) is 6.76. The van der Waals surface area contributed by atoms with E-state index < -0.39 is 6.17 Å². The van der Waals surface area contributed by atoms with Crippen molar-refractivity contribution in [3.63, 3.8) is 0 Å². The number of thiophene rings is 1. The van der Waals surface area contributed by atoms with Gasteiger partial charge in [-0.25, -0.2) is 4.79 Å². The molecular weight excluding hydrogens is 438 g/mol. The molecule has 0 saturated heterocycles. The van der Waals surface area contributed by atoms with Crippen molar-refractivity contribution >= 4 is 39.9 Å². The van der Waals surface area contributed by atoms with Crippen LogP contribution in [0.4, 0.5) is 9.80 Å². The second-order valence-electron chi connectivity index (χ2n) is 7.34. The number of nitrogens with one attached hydrogen (secondary N) is 2. The van der Waals surface area contributed by atoms with Gasteiger partial charge in [-0.05, 0) is 43.2 Å². The van der Waals surface area contributed by atoms with Crippen LogP contribution in [0.15, 0.2) is 40.8 Å². The molecule has 2 amide bonds. The Hall–Kier alpha value is -2.97. The lowest BCUT2D eigenvalue weighted by molar-refractivity contribution is 0.0929. The van der Waals surface area contributed by atoms with E-state index in [1.54, 1.807) is 17.9 Å². The van der Waals surface area contributed by atoms with E-state index in [0.717, 1.165) is 21.0 Å². The Balaban J connectivity index is 1.38. The molecule has 0 aliphatic carbocycles. The first-order chi connectivity index (χ1) is 15.0. The Bertz CT molecular complexity index is 1170. The van der Waals surface area contributed by atoms with E-state index in [0.29, 0.717) is 48.2 Å². The van der Waals surface area contributed by atoms with Gasteiger partial charge >= 0.3 is 6.09 Å². The van der Waals surface area contributed by atoms with Crippen molar-refractivity contribution in [3.05, 3.63) is 63.2 Å². The molecule has 160 valence electrons. The third kappa shape index (κ3) is 3.66. The molecule has 0 bridgehead atoms. The molecule has 3 aromatic rings. The number of anilines is 1. The molecule has 31 heavy (non-hydrogen) atoms. The minimum absolute atomic E-state index is 0.137. The molecule has 0 fully saturated rings. The van der Waals surface area contributed by atoms with Gasteiger partial charge in [0.1, 0.15) is 16.5 Å². The van der Waals surface area contributed by atoms with Gasteiger partial charge < -0.3 is 24.7 Å². The number of nitrogens with zero attached hydrogens (tertiary/aromatic N) is 1. The average Bonchev–Trinajstić information content (AvgIpc) is 3.38. The van der Waals surface area contributed by atoms with Crippen molar-refractivity contribution in [2.24, 2.45) is 0 Å². The summed E-state index contributed by atoms with van der Waals surface area (Å²) in [7, 11) is 0. The summed E-state index contributed by atoms with van der Waals surface area (Å²) >= 11 is 7.58. The van der Waals surface area contributed by atoms with Crippen molar-refractivity contribution < 1.29 is 18.7 Å². The zero-order chi connectivity index (χ0) is 21.5. The molecule has 2 aliphatic rings. The molecule has 5 rings (SSSR count). The first-order valence-corrected chi connectivity index (χ1v) is 11.2. The molecule has 2 aromatic heterocycles. The zero-order valence-corrected chi connectivity index (χ0v) is 18.3. The van der Waals surface area contributed by atoms with Crippen molar-refractivity contribution in [1.82, 2.24) is 10.2 Å². The second kappa shape index (κ2) is 7.94. The van der Waals surface area contributed by atoms with E-state index in [-0.39, 0.29) is 12.0 Å². The molecule has 0 spiro atoms. The van der Waals surface area contributed by atoms with E-state index in [1.165, 1.54) is 11.3 Å². The number of hydrogen-bond donors (Lipinski definition) is 2. The summed E-state index contributed by atoms with van der Waals surface area (Å²) in [5, 5.41) is 7.79. The van der Waals surface area contributed by atoms with Crippen LogP contribution in [0.2, 0.25) is 5.02 Å². The normalized spacial score (nSPS) is 17.4. The molecule has 9 heteroatoms. The predicted octanol–water partition coefficient (Wildman–Crippen LogP) is 5.03. The number of amides is 2. The molecule has 0 saturated carbocycles. The van der Waals surface area contributed by atoms with Gasteiger partial charge in [-0.2, -0.15) is 0 Å². The van der Waals surface area contributed by atoms with E-state index in [9.17, 15) is 9.59 Å². The molecule has 4 heterocycles. The molecule has 2 aliphatic heterocycles. The lowest BCUT2D eigenvalue weighted by Crippen LogP contribution is -2.39. The van der Waals surface area contributed by atoms with Crippen molar-refractivity contribution in [1.29, 1.82) is 0 Å².